The maximum absolute atomic E-state index is 13.2. The largest absolute Gasteiger partial charge is 0.389 e. The second-order valence-electron chi connectivity index (χ2n) is 10.3. The Balaban J connectivity index is 1.64. The first kappa shape index (κ1) is 26.2. The fourth-order valence-corrected chi connectivity index (χ4v) is 6.80. The number of hydrogen-bond donors (Lipinski definition) is 3. The number of benzene rings is 2. The molecule has 0 spiro atoms. The van der Waals surface area contributed by atoms with E-state index >= 15 is 0 Å². The summed E-state index contributed by atoms with van der Waals surface area (Å²) in [4.78, 5) is 1.90. The van der Waals surface area contributed by atoms with Crippen molar-refractivity contribution >= 4 is 10.0 Å². The molecule has 2 heterocycles. The van der Waals surface area contributed by atoms with Crippen LogP contribution in [0.2, 0.25) is 0 Å². The van der Waals surface area contributed by atoms with Gasteiger partial charge >= 0.3 is 0 Å². The molecule has 1 unspecified atom stereocenters. The number of aliphatic hydroxyl groups is 2. The van der Waals surface area contributed by atoms with Crippen LogP contribution in [0.3, 0.4) is 0 Å². The number of aliphatic hydroxyl groups excluding tert-OH is 2. The molecule has 2 aromatic carbocycles. The minimum Gasteiger partial charge on any atom is -0.389 e. The fraction of sp³-hybridized carbons (Fsp3) is 0.538. The van der Waals surface area contributed by atoms with Gasteiger partial charge in [-0.25, -0.2) is 17.5 Å². The average molecular weight is 507 g/mol. The topological polar surface area (TPSA) is 99.1 Å². The van der Waals surface area contributed by atoms with Crippen molar-refractivity contribution in [1.82, 2.24) is 9.62 Å². The molecule has 2 aliphatic heterocycles. The summed E-state index contributed by atoms with van der Waals surface area (Å²) in [6.07, 6.45) is 0.195. The van der Waals surface area contributed by atoms with Gasteiger partial charge in [0.05, 0.1) is 28.3 Å². The van der Waals surface area contributed by atoms with Crippen LogP contribution in [0.5, 0.6) is 0 Å². The Kier molecular flexibility index (Phi) is 7.39. The predicted molar refractivity (Wildman–Crippen MR) is 131 cm³/mol. The predicted octanol–water partition coefficient (Wildman–Crippen LogP) is 2.64. The second kappa shape index (κ2) is 9.88. The fourth-order valence-electron chi connectivity index (χ4n) is 5.76. The van der Waals surface area contributed by atoms with E-state index in [9.17, 15) is 23.0 Å². The van der Waals surface area contributed by atoms with Crippen molar-refractivity contribution in [2.24, 2.45) is 0 Å². The normalized spacial score (nSPS) is 32.3. The molecule has 4 rings (SSSR count). The molecule has 192 valence electrons. The number of hydrogen-bond acceptors (Lipinski definition) is 6. The molecule has 7 nitrogen and oxygen atoms in total. The molecular formula is C26H35FN2O5S. The van der Waals surface area contributed by atoms with E-state index in [1.807, 2.05) is 56.3 Å². The summed E-state index contributed by atoms with van der Waals surface area (Å²) in [6, 6.07) is 14.3. The van der Waals surface area contributed by atoms with Crippen molar-refractivity contribution in [3.63, 3.8) is 0 Å². The van der Waals surface area contributed by atoms with E-state index in [0.29, 0.717) is 25.7 Å². The summed E-state index contributed by atoms with van der Waals surface area (Å²) in [5.74, 6) is -0.508. The molecule has 2 aliphatic rings. The lowest BCUT2D eigenvalue weighted by atomic mass is 9.72. The molecule has 6 atom stereocenters. The van der Waals surface area contributed by atoms with Crippen LogP contribution in [0.4, 0.5) is 4.39 Å². The third kappa shape index (κ3) is 5.30. The van der Waals surface area contributed by atoms with Crippen LogP contribution in [0.1, 0.15) is 44.1 Å². The van der Waals surface area contributed by atoms with Gasteiger partial charge in [-0.3, -0.25) is 0 Å². The van der Waals surface area contributed by atoms with Gasteiger partial charge in [0, 0.05) is 12.6 Å². The Morgan fingerprint density at radius 2 is 1.80 bits per heavy atom. The Morgan fingerprint density at radius 1 is 1.14 bits per heavy atom. The van der Waals surface area contributed by atoms with Crippen molar-refractivity contribution in [2.75, 3.05) is 20.6 Å². The summed E-state index contributed by atoms with van der Waals surface area (Å²) in [5.41, 5.74) is -0.882. The third-order valence-electron chi connectivity index (χ3n) is 7.67. The van der Waals surface area contributed by atoms with E-state index in [2.05, 4.69) is 4.72 Å². The smallest absolute Gasteiger partial charge is 0.240 e. The first-order valence-electron chi connectivity index (χ1n) is 12.0. The zero-order chi connectivity index (χ0) is 25.4. The van der Waals surface area contributed by atoms with Gasteiger partial charge in [-0.15, -0.1) is 0 Å². The van der Waals surface area contributed by atoms with Gasteiger partial charge in [-0.2, -0.15) is 0 Å². The number of fused-ring (bicyclic) bond motifs is 2. The molecular weight excluding hydrogens is 471 g/mol. The van der Waals surface area contributed by atoms with Crippen LogP contribution < -0.4 is 4.72 Å². The summed E-state index contributed by atoms with van der Waals surface area (Å²) in [6.45, 7) is 1.62. The lowest BCUT2D eigenvalue weighted by molar-refractivity contribution is -0.250. The van der Waals surface area contributed by atoms with Crippen molar-refractivity contribution in [2.45, 2.75) is 72.9 Å². The van der Waals surface area contributed by atoms with E-state index in [-0.39, 0.29) is 23.4 Å². The highest BCUT2D eigenvalue weighted by molar-refractivity contribution is 7.89. The highest BCUT2D eigenvalue weighted by Gasteiger charge is 2.57. The number of rotatable bonds is 7. The number of nitrogens with zero attached hydrogens (tertiary/aromatic N) is 1. The van der Waals surface area contributed by atoms with Crippen LogP contribution in [0.25, 0.3) is 0 Å². The molecule has 0 aliphatic carbocycles. The molecule has 3 N–H and O–H groups in total. The number of ether oxygens (including phenoxy) is 1. The maximum atomic E-state index is 13.2. The van der Waals surface area contributed by atoms with Gasteiger partial charge < -0.3 is 19.8 Å². The first-order valence-corrected chi connectivity index (χ1v) is 13.5. The van der Waals surface area contributed by atoms with Gasteiger partial charge in [0.25, 0.3) is 0 Å². The Bertz CT molecular complexity index is 1110. The van der Waals surface area contributed by atoms with Crippen LogP contribution in [0, 0.1) is 5.82 Å². The number of halogens is 1. The van der Waals surface area contributed by atoms with Crippen molar-refractivity contribution in [3.8, 4) is 0 Å². The number of sulfonamides is 1. The van der Waals surface area contributed by atoms with Crippen molar-refractivity contribution in [1.29, 1.82) is 0 Å². The zero-order valence-corrected chi connectivity index (χ0v) is 21.2. The van der Waals surface area contributed by atoms with Crippen LogP contribution in [0.15, 0.2) is 59.5 Å². The Morgan fingerprint density at radius 3 is 2.43 bits per heavy atom. The lowest BCUT2D eigenvalue weighted by Gasteiger charge is -2.52. The van der Waals surface area contributed by atoms with E-state index < -0.39 is 39.3 Å². The van der Waals surface area contributed by atoms with E-state index in [1.165, 1.54) is 12.1 Å². The van der Waals surface area contributed by atoms with Gasteiger partial charge in [-0.1, -0.05) is 30.3 Å². The lowest BCUT2D eigenvalue weighted by Crippen LogP contribution is -2.61. The molecule has 2 fully saturated rings. The van der Waals surface area contributed by atoms with E-state index in [0.717, 1.165) is 17.7 Å². The molecule has 35 heavy (non-hydrogen) atoms. The average Bonchev–Trinajstić information content (AvgIpc) is 2.90. The SMILES string of the molecule is CN(C)[C@@H]1CC[C@@]2(C(O)CNS(=O)(=O)c3ccc(F)cc3)C[C@H](c3ccccc3)C[C@](C)(O2)[C@H]1O. The molecule has 0 amide bonds. The van der Waals surface area contributed by atoms with Crippen molar-refractivity contribution in [3.05, 3.63) is 66.0 Å². The standard InChI is InChI=1S/C26H35FN2O5S/c1-25-15-19(18-7-5-4-6-8-18)16-26(34-25,14-13-22(24(25)31)29(2)3)23(30)17-28-35(32,33)21-11-9-20(27)10-12-21/h4-12,19,22-24,28,30-31H,13-17H2,1-3H3/t19-,22-,23?,24+,25+,26+/m1/s1. The van der Waals surface area contributed by atoms with Gasteiger partial charge in [0.15, 0.2) is 0 Å². The minimum absolute atomic E-state index is 0.0221. The molecule has 2 bridgehead atoms. The van der Waals surface area contributed by atoms with Crippen molar-refractivity contribution < 1.29 is 27.8 Å². The van der Waals surface area contributed by atoms with Gasteiger partial charge in [-0.05, 0) is 82.4 Å². The highest BCUT2D eigenvalue weighted by atomic mass is 32.2. The third-order valence-corrected chi connectivity index (χ3v) is 9.11. The molecule has 9 heteroatoms. The van der Waals surface area contributed by atoms with Gasteiger partial charge in [0.2, 0.25) is 10.0 Å². The Hall–Kier alpha value is -1.88. The molecule has 0 saturated carbocycles. The highest BCUT2D eigenvalue weighted by Crippen LogP contribution is 2.51. The Labute approximate surface area is 207 Å². The van der Waals surface area contributed by atoms with E-state index in [1.54, 1.807) is 0 Å². The molecule has 0 radical (unpaired) electrons. The molecule has 2 saturated heterocycles. The molecule has 2 aromatic rings. The number of nitrogens with one attached hydrogen (secondary N) is 1. The van der Waals surface area contributed by atoms with Crippen LogP contribution in [-0.2, 0) is 14.8 Å². The monoisotopic (exact) mass is 506 g/mol. The zero-order valence-electron chi connectivity index (χ0n) is 20.4. The molecule has 0 aromatic heterocycles. The van der Waals surface area contributed by atoms with Gasteiger partial charge in [0.1, 0.15) is 5.82 Å². The minimum atomic E-state index is -3.96. The summed E-state index contributed by atoms with van der Waals surface area (Å²) in [7, 11) is -0.121. The summed E-state index contributed by atoms with van der Waals surface area (Å²) in [5, 5.41) is 22.8. The maximum Gasteiger partial charge on any atom is 0.240 e. The van der Waals surface area contributed by atoms with Crippen LogP contribution >= 0.6 is 0 Å². The van der Waals surface area contributed by atoms with Crippen LogP contribution in [-0.4, -0.2) is 73.6 Å². The quantitative estimate of drug-likeness (QED) is 0.534. The van der Waals surface area contributed by atoms with E-state index in [4.69, 9.17) is 4.74 Å². The second-order valence-corrected chi connectivity index (χ2v) is 12.1. The summed E-state index contributed by atoms with van der Waals surface area (Å²) < 4.78 is 47.9. The first-order chi connectivity index (χ1) is 16.5. The summed E-state index contributed by atoms with van der Waals surface area (Å²) >= 11 is 0. The number of likely N-dealkylation sites (N-methyl/N-ethyl adjacent to an activating group) is 1.